The smallest absolute Gasteiger partial charge is 0.323 e. The lowest BCUT2D eigenvalue weighted by Gasteiger charge is -2.27. The maximum atomic E-state index is 11.2. The Bertz CT molecular complexity index is 361. The molecule has 1 unspecified atom stereocenters. The van der Waals surface area contributed by atoms with Crippen LogP contribution < -0.4 is 11.5 Å². The maximum Gasteiger partial charge on any atom is 0.323 e. The zero-order valence-corrected chi connectivity index (χ0v) is 9.21. The van der Waals surface area contributed by atoms with Crippen LogP contribution in [0.1, 0.15) is 0 Å². The van der Waals surface area contributed by atoms with Crippen LogP contribution in [0.3, 0.4) is 0 Å². The largest absolute Gasteiger partial charge is 0.394 e. The Morgan fingerprint density at radius 2 is 2.00 bits per heavy atom. The summed E-state index contributed by atoms with van der Waals surface area (Å²) < 4.78 is 5.02. The summed E-state index contributed by atoms with van der Waals surface area (Å²) in [5.41, 5.74) is 10.3. The van der Waals surface area contributed by atoms with Crippen LogP contribution in [0, 0.1) is 0 Å². The molecule has 18 heavy (non-hydrogen) atoms. The molecule has 4 atom stereocenters. The molecule has 0 aromatic heterocycles. The first-order valence-electron chi connectivity index (χ1n) is 4.92. The van der Waals surface area contributed by atoms with Crippen molar-refractivity contribution in [1.82, 2.24) is 4.90 Å². The zero-order valence-electron chi connectivity index (χ0n) is 9.21. The number of hydrogen-bond acceptors (Lipinski definition) is 6. The molecule has 0 radical (unpaired) electrons. The fourth-order valence-electron chi connectivity index (χ4n) is 1.58. The van der Waals surface area contributed by atoms with E-state index in [0.29, 0.717) is 4.90 Å². The van der Waals surface area contributed by atoms with E-state index in [1.807, 2.05) is 0 Å². The number of urea groups is 1. The van der Waals surface area contributed by atoms with Gasteiger partial charge < -0.3 is 31.5 Å². The van der Waals surface area contributed by atoms with Gasteiger partial charge in [-0.2, -0.15) is 4.99 Å². The van der Waals surface area contributed by atoms with E-state index in [1.54, 1.807) is 0 Å². The maximum absolute atomic E-state index is 11.2. The van der Waals surface area contributed by atoms with Crippen LogP contribution >= 0.6 is 0 Å². The molecular formula is C8H14N4O6. The fourth-order valence-corrected chi connectivity index (χ4v) is 1.58. The number of carbonyl (C=O) groups excluding carboxylic acids is 2. The highest BCUT2D eigenvalue weighted by molar-refractivity contribution is 5.97. The zero-order chi connectivity index (χ0) is 13.9. The van der Waals surface area contributed by atoms with Gasteiger partial charge in [0, 0.05) is 0 Å². The summed E-state index contributed by atoms with van der Waals surface area (Å²) in [7, 11) is 0. The molecule has 0 aromatic carbocycles. The highest BCUT2D eigenvalue weighted by atomic mass is 16.6. The predicted octanol–water partition coefficient (Wildman–Crippen LogP) is -3.72. The van der Waals surface area contributed by atoms with Gasteiger partial charge in [-0.05, 0) is 0 Å². The number of carbonyl (C=O) groups is 2. The van der Waals surface area contributed by atoms with E-state index >= 15 is 0 Å². The standard InChI is InChI=1S/C8H14N4O6/c9-7(11-2-14)12(8(10)17)6-5(16)4(15)3(1-13)18-6/h2-6,13,15-16H,1H2,(H2,10,17)(H2,9,11,14)/t3-,4-,5-,6?/m1/s1. The molecule has 1 aliphatic heterocycles. The van der Waals surface area contributed by atoms with Gasteiger partial charge in [-0.3, -0.25) is 4.79 Å². The van der Waals surface area contributed by atoms with Crippen molar-refractivity contribution in [2.45, 2.75) is 24.5 Å². The normalized spacial score (nSPS) is 32.3. The van der Waals surface area contributed by atoms with Gasteiger partial charge in [0.2, 0.25) is 12.4 Å². The van der Waals surface area contributed by atoms with Crippen molar-refractivity contribution in [3.63, 3.8) is 0 Å². The number of guanidine groups is 1. The van der Waals surface area contributed by atoms with E-state index in [1.165, 1.54) is 0 Å². The Morgan fingerprint density at radius 3 is 2.39 bits per heavy atom. The number of amides is 3. The van der Waals surface area contributed by atoms with Gasteiger partial charge in [-0.1, -0.05) is 0 Å². The number of aliphatic hydroxyl groups excluding tert-OH is 3. The second-order valence-corrected chi connectivity index (χ2v) is 3.53. The van der Waals surface area contributed by atoms with Gasteiger partial charge in [-0.15, -0.1) is 0 Å². The van der Waals surface area contributed by atoms with Gasteiger partial charge >= 0.3 is 6.03 Å². The molecular weight excluding hydrogens is 248 g/mol. The predicted molar refractivity (Wildman–Crippen MR) is 56.9 cm³/mol. The Kier molecular flexibility index (Phi) is 4.55. The van der Waals surface area contributed by atoms with Crippen molar-refractivity contribution in [2.24, 2.45) is 16.5 Å². The second-order valence-electron chi connectivity index (χ2n) is 3.53. The molecule has 1 fully saturated rings. The van der Waals surface area contributed by atoms with Crippen molar-refractivity contribution in [2.75, 3.05) is 6.61 Å². The third-order valence-electron chi connectivity index (χ3n) is 2.44. The van der Waals surface area contributed by atoms with Crippen molar-refractivity contribution in [1.29, 1.82) is 0 Å². The van der Waals surface area contributed by atoms with Crippen LogP contribution in [0.4, 0.5) is 4.79 Å². The number of ether oxygens (including phenoxy) is 1. The lowest BCUT2D eigenvalue weighted by Crippen LogP contribution is -2.55. The van der Waals surface area contributed by atoms with Crippen LogP contribution in [0.2, 0.25) is 0 Å². The van der Waals surface area contributed by atoms with Crippen molar-refractivity contribution in [3.8, 4) is 0 Å². The van der Waals surface area contributed by atoms with Gasteiger partial charge in [0.1, 0.15) is 18.3 Å². The van der Waals surface area contributed by atoms with E-state index in [0.717, 1.165) is 0 Å². The molecule has 1 saturated heterocycles. The van der Waals surface area contributed by atoms with Crippen LogP contribution in [0.25, 0.3) is 0 Å². The van der Waals surface area contributed by atoms with Crippen molar-refractivity contribution >= 4 is 18.4 Å². The first kappa shape index (κ1) is 14.3. The molecule has 102 valence electrons. The summed E-state index contributed by atoms with van der Waals surface area (Å²) >= 11 is 0. The van der Waals surface area contributed by atoms with E-state index in [4.69, 9.17) is 21.3 Å². The summed E-state index contributed by atoms with van der Waals surface area (Å²) in [6.07, 6.45) is -5.43. The second kappa shape index (κ2) is 5.73. The molecule has 0 bridgehead atoms. The minimum Gasteiger partial charge on any atom is -0.394 e. The Morgan fingerprint density at radius 1 is 1.39 bits per heavy atom. The minimum absolute atomic E-state index is 0.0760. The van der Waals surface area contributed by atoms with Crippen molar-refractivity contribution in [3.05, 3.63) is 0 Å². The van der Waals surface area contributed by atoms with Gasteiger partial charge in [-0.25, -0.2) is 9.69 Å². The molecule has 1 heterocycles. The van der Waals surface area contributed by atoms with Crippen LogP contribution in [-0.2, 0) is 9.53 Å². The lowest BCUT2D eigenvalue weighted by molar-refractivity contribution is -0.106. The van der Waals surface area contributed by atoms with E-state index in [2.05, 4.69) is 4.99 Å². The third kappa shape index (κ3) is 2.56. The first-order valence-corrected chi connectivity index (χ1v) is 4.92. The topological polar surface area (TPSA) is 172 Å². The SMILES string of the molecule is NC(=O)N(C(N)=NC=O)C1O[C@H](CO)[C@@H](O)[C@H]1O. The molecule has 1 aliphatic rings. The summed E-state index contributed by atoms with van der Waals surface area (Å²) in [4.78, 5) is 25.0. The first-order chi connectivity index (χ1) is 8.43. The van der Waals surface area contributed by atoms with E-state index < -0.39 is 43.1 Å². The molecule has 0 aromatic rings. The van der Waals surface area contributed by atoms with E-state index in [9.17, 15) is 19.8 Å². The molecule has 10 nitrogen and oxygen atoms in total. The number of aliphatic imine (C=N–C) groups is 1. The average Bonchev–Trinajstić information content (AvgIpc) is 2.57. The molecule has 10 heteroatoms. The average molecular weight is 262 g/mol. The van der Waals surface area contributed by atoms with Gasteiger partial charge in [0.05, 0.1) is 6.61 Å². The Balaban J connectivity index is 2.98. The van der Waals surface area contributed by atoms with Crippen LogP contribution in [0.15, 0.2) is 4.99 Å². The lowest BCUT2D eigenvalue weighted by atomic mass is 10.1. The summed E-state index contributed by atoms with van der Waals surface area (Å²) in [5.74, 6) is -0.590. The molecule has 3 amide bonds. The molecule has 1 rings (SSSR count). The Labute approximate surface area is 101 Å². The number of hydrogen-bond donors (Lipinski definition) is 5. The number of nitrogens with zero attached hydrogens (tertiary/aromatic N) is 2. The number of aliphatic hydroxyl groups is 3. The molecule has 0 spiro atoms. The molecule has 0 saturated carbocycles. The van der Waals surface area contributed by atoms with Crippen LogP contribution in [0.5, 0.6) is 0 Å². The molecule has 0 aliphatic carbocycles. The fraction of sp³-hybridized carbons (Fsp3) is 0.625. The van der Waals surface area contributed by atoms with Crippen LogP contribution in [-0.4, -0.2) is 69.8 Å². The highest BCUT2D eigenvalue weighted by Crippen LogP contribution is 2.23. The van der Waals surface area contributed by atoms with Crippen molar-refractivity contribution < 1.29 is 29.6 Å². The summed E-state index contributed by atoms with van der Waals surface area (Å²) in [5, 5.41) is 28.1. The number of primary amides is 1. The number of nitrogens with two attached hydrogens (primary N) is 2. The Hall–Kier alpha value is -1.75. The summed E-state index contributed by atoms with van der Waals surface area (Å²) in [6.45, 7) is -0.577. The highest BCUT2D eigenvalue weighted by Gasteiger charge is 2.47. The monoisotopic (exact) mass is 262 g/mol. The quantitative estimate of drug-likeness (QED) is 0.197. The third-order valence-corrected chi connectivity index (χ3v) is 2.44. The van der Waals surface area contributed by atoms with Gasteiger partial charge in [0.25, 0.3) is 0 Å². The number of rotatable bonds is 3. The van der Waals surface area contributed by atoms with Gasteiger partial charge in [0.15, 0.2) is 6.23 Å². The van der Waals surface area contributed by atoms with E-state index in [-0.39, 0.29) is 6.41 Å². The molecule has 7 N–H and O–H groups in total. The minimum atomic E-state index is -1.55. The summed E-state index contributed by atoms with van der Waals surface area (Å²) in [6, 6.07) is -1.13.